The number of ether oxygens (including phenoxy) is 2. The molecule has 2 aliphatic heterocycles. The summed E-state index contributed by atoms with van der Waals surface area (Å²) < 4.78 is 16.4. The number of benzene rings is 2. The van der Waals surface area contributed by atoms with Gasteiger partial charge in [-0.1, -0.05) is 23.7 Å². The summed E-state index contributed by atoms with van der Waals surface area (Å²) in [5.41, 5.74) is 9.84. The highest BCUT2D eigenvalue weighted by Gasteiger charge is 2.48. The number of nitrogens with two attached hydrogens (primary N) is 1. The zero-order valence-electron chi connectivity index (χ0n) is 24.7. The fourth-order valence-corrected chi connectivity index (χ4v) is 7.01. The smallest absolute Gasteiger partial charge is 0.266 e. The van der Waals surface area contributed by atoms with E-state index >= 15 is 0 Å². The van der Waals surface area contributed by atoms with Crippen LogP contribution in [-0.4, -0.2) is 68.1 Å². The third kappa shape index (κ3) is 4.49. The molecule has 0 radical (unpaired) electrons. The number of rotatable bonds is 5. The molecule has 7 rings (SSSR count). The molecule has 2 fully saturated rings. The first-order valence-corrected chi connectivity index (χ1v) is 14.9. The minimum atomic E-state index is -0.173. The van der Waals surface area contributed by atoms with Gasteiger partial charge in [-0.05, 0) is 49.6 Å². The van der Waals surface area contributed by atoms with Crippen molar-refractivity contribution in [1.82, 2.24) is 29.1 Å². The Balaban J connectivity index is 1.34. The topological polar surface area (TPSA) is 118 Å². The average Bonchev–Trinajstić information content (AvgIpc) is 3.66. The van der Waals surface area contributed by atoms with Gasteiger partial charge in [0.2, 0.25) is 5.95 Å². The van der Waals surface area contributed by atoms with Gasteiger partial charge in [0, 0.05) is 55.8 Å². The quantitative estimate of drug-likeness (QED) is 0.323. The molecule has 43 heavy (non-hydrogen) atoms. The SMILES string of the molecule is COc1ccc(Cn2nc3nc(N4CCC5(CC4)CO[C@@H](C)[C@H]5N)n(C)c(=O)c3c2-c2ccc3nn(C)cc3c2Cl)cc1. The number of halogens is 1. The van der Waals surface area contributed by atoms with Crippen LogP contribution in [0.1, 0.15) is 25.3 Å². The van der Waals surface area contributed by atoms with Crippen molar-refractivity contribution in [2.24, 2.45) is 25.2 Å². The van der Waals surface area contributed by atoms with E-state index in [1.807, 2.05) is 61.2 Å². The normalized spacial score (nSPS) is 20.1. The number of anilines is 1. The standard InChI is InChI=1S/C31H35ClN8O3/c1-18-27(33)31(17-43-18)11-13-39(14-12-31)30-34-28-24(29(41)38(30)3)26(21-9-10-23-22(25(21)32)16-37(2)35-23)40(36-28)15-19-5-7-20(42-4)8-6-19/h5-10,16,18,27H,11-15,17,33H2,1-4H3/t18-,27+/m0/s1. The molecule has 5 heterocycles. The molecule has 2 saturated heterocycles. The Bertz CT molecular complexity index is 1900. The van der Waals surface area contributed by atoms with Crippen molar-refractivity contribution in [3.05, 3.63) is 63.5 Å². The van der Waals surface area contributed by atoms with Crippen molar-refractivity contribution >= 4 is 39.5 Å². The van der Waals surface area contributed by atoms with Crippen molar-refractivity contribution < 1.29 is 9.47 Å². The first-order chi connectivity index (χ1) is 20.7. The summed E-state index contributed by atoms with van der Waals surface area (Å²) in [6.07, 6.45) is 3.69. The number of hydrogen-bond donors (Lipinski definition) is 1. The lowest BCUT2D eigenvalue weighted by atomic mass is 9.73. The monoisotopic (exact) mass is 602 g/mol. The molecule has 0 bridgehead atoms. The van der Waals surface area contributed by atoms with E-state index in [0.717, 1.165) is 48.1 Å². The summed E-state index contributed by atoms with van der Waals surface area (Å²) in [5.74, 6) is 1.37. The molecule has 12 heteroatoms. The highest BCUT2D eigenvalue weighted by molar-refractivity contribution is 6.38. The maximum absolute atomic E-state index is 14.2. The van der Waals surface area contributed by atoms with Crippen LogP contribution in [0.25, 0.3) is 33.2 Å². The van der Waals surface area contributed by atoms with Crippen molar-refractivity contribution in [3.8, 4) is 17.0 Å². The fourth-order valence-electron chi connectivity index (χ4n) is 6.71. The second kappa shape index (κ2) is 10.4. The third-order valence-corrected chi connectivity index (χ3v) is 9.74. The van der Waals surface area contributed by atoms with Crippen LogP contribution < -0.4 is 20.9 Å². The second-order valence-corrected chi connectivity index (χ2v) is 12.3. The fraction of sp³-hybridized carbons (Fsp3) is 0.419. The van der Waals surface area contributed by atoms with Crippen LogP contribution in [0.2, 0.25) is 5.02 Å². The number of methoxy groups -OCH3 is 1. The number of nitrogens with zero attached hydrogens (tertiary/aromatic N) is 7. The number of aromatic nitrogens is 6. The molecule has 2 N–H and O–H groups in total. The van der Waals surface area contributed by atoms with Gasteiger partial charge in [0.25, 0.3) is 5.56 Å². The van der Waals surface area contributed by atoms with Gasteiger partial charge in [-0.2, -0.15) is 15.2 Å². The van der Waals surface area contributed by atoms with Crippen LogP contribution in [0.5, 0.6) is 5.75 Å². The van der Waals surface area contributed by atoms with Crippen LogP contribution in [0.3, 0.4) is 0 Å². The predicted octanol–water partition coefficient (Wildman–Crippen LogP) is 3.73. The molecule has 3 aromatic heterocycles. The first kappa shape index (κ1) is 27.9. The number of piperidine rings is 1. The molecular weight excluding hydrogens is 568 g/mol. The molecule has 0 aliphatic carbocycles. The number of fused-ring (bicyclic) bond motifs is 2. The molecular formula is C31H35ClN8O3. The molecule has 224 valence electrons. The average molecular weight is 603 g/mol. The van der Waals surface area contributed by atoms with Gasteiger partial charge in [-0.15, -0.1) is 0 Å². The van der Waals surface area contributed by atoms with E-state index in [-0.39, 0.29) is 23.1 Å². The highest BCUT2D eigenvalue weighted by Crippen LogP contribution is 2.42. The van der Waals surface area contributed by atoms with E-state index in [1.54, 1.807) is 23.4 Å². The predicted molar refractivity (Wildman–Crippen MR) is 167 cm³/mol. The van der Waals surface area contributed by atoms with E-state index < -0.39 is 0 Å². The van der Waals surface area contributed by atoms with Crippen LogP contribution >= 0.6 is 11.6 Å². The molecule has 1 spiro atoms. The van der Waals surface area contributed by atoms with Crippen LogP contribution in [-0.2, 0) is 25.4 Å². The highest BCUT2D eigenvalue weighted by atomic mass is 35.5. The molecule has 11 nitrogen and oxygen atoms in total. The summed E-state index contributed by atoms with van der Waals surface area (Å²) in [4.78, 5) is 21.3. The Kier molecular flexibility index (Phi) is 6.71. The Morgan fingerprint density at radius 3 is 2.53 bits per heavy atom. The van der Waals surface area contributed by atoms with Gasteiger partial charge < -0.3 is 20.1 Å². The largest absolute Gasteiger partial charge is 0.497 e. The minimum absolute atomic E-state index is 0.00650. The summed E-state index contributed by atoms with van der Waals surface area (Å²) in [7, 11) is 5.27. The van der Waals surface area contributed by atoms with E-state index in [2.05, 4.69) is 10.00 Å². The Morgan fingerprint density at radius 1 is 1.12 bits per heavy atom. The Morgan fingerprint density at radius 2 is 1.86 bits per heavy atom. The lowest BCUT2D eigenvalue weighted by Crippen LogP contribution is -2.51. The van der Waals surface area contributed by atoms with Gasteiger partial charge in [-0.25, -0.2) is 0 Å². The Labute approximate surface area is 253 Å². The molecule has 0 saturated carbocycles. The van der Waals surface area contributed by atoms with Crippen LogP contribution in [0.15, 0.2) is 47.4 Å². The zero-order chi connectivity index (χ0) is 30.0. The van der Waals surface area contributed by atoms with Gasteiger partial charge >= 0.3 is 0 Å². The number of aryl methyl sites for hydroxylation is 1. The van der Waals surface area contributed by atoms with Gasteiger partial charge in [0.15, 0.2) is 5.65 Å². The second-order valence-electron chi connectivity index (χ2n) is 11.9. The van der Waals surface area contributed by atoms with Crippen molar-refractivity contribution in [3.63, 3.8) is 0 Å². The molecule has 2 aliphatic rings. The first-order valence-electron chi connectivity index (χ1n) is 14.5. The van der Waals surface area contributed by atoms with Gasteiger partial charge in [0.05, 0.1) is 42.6 Å². The molecule has 2 atom stereocenters. The summed E-state index contributed by atoms with van der Waals surface area (Å²) in [6, 6.07) is 11.6. The van der Waals surface area contributed by atoms with E-state index in [0.29, 0.717) is 46.4 Å². The minimum Gasteiger partial charge on any atom is -0.497 e. The number of hydrogen-bond acceptors (Lipinski definition) is 8. The van der Waals surface area contributed by atoms with Crippen LogP contribution in [0, 0.1) is 5.41 Å². The molecule has 0 unspecified atom stereocenters. The summed E-state index contributed by atoms with van der Waals surface area (Å²) >= 11 is 7.02. The zero-order valence-corrected chi connectivity index (χ0v) is 25.5. The van der Waals surface area contributed by atoms with E-state index in [9.17, 15) is 4.79 Å². The summed E-state index contributed by atoms with van der Waals surface area (Å²) in [6.45, 7) is 4.60. The van der Waals surface area contributed by atoms with Gasteiger partial charge in [-0.3, -0.25) is 18.7 Å². The van der Waals surface area contributed by atoms with Crippen molar-refractivity contribution in [2.45, 2.75) is 38.5 Å². The Hall–Kier alpha value is -3.93. The van der Waals surface area contributed by atoms with Crippen molar-refractivity contribution in [2.75, 3.05) is 31.7 Å². The van der Waals surface area contributed by atoms with Crippen LogP contribution in [0.4, 0.5) is 5.95 Å². The van der Waals surface area contributed by atoms with E-state index in [4.69, 9.17) is 36.9 Å². The molecule has 5 aromatic rings. The van der Waals surface area contributed by atoms with Gasteiger partial charge in [0.1, 0.15) is 11.1 Å². The molecule has 0 amide bonds. The lowest BCUT2D eigenvalue weighted by Gasteiger charge is -2.41. The van der Waals surface area contributed by atoms with Crippen molar-refractivity contribution in [1.29, 1.82) is 0 Å². The van der Waals surface area contributed by atoms with E-state index in [1.165, 1.54) is 0 Å². The maximum Gasteiger partial charge on any atom is 0.266 e. The molecule has 2 aromatic carbocycles. The summed E-state index contributed by atoms with van der Waals surface area (Å²) in [5, 5.41) is 11.2. The maximum atomic E-state index is 14.2. The lowest BCUT2D eigenvalue weighted by molar-refractivity contribution is 0.0973. The third-order valence-electron chi connectivity index (χ3n) is 9.33.